The van der Waals surface area contributed by atoms with E-state index in [2.05, 4.69) is 9.97 Å². The number of alkyl halides is 3. The molecule has 4 aromatic rings. The fourth-order valence-corrected chi connectivity index (χ4v) is 4.17. The molecule has 0 aliphatic rings. The normalized spacial score (nSPS) is 11.9. The lowest BCUT2D eigenvalue weighted by Crippen LogP contribution is -2.05. The second-order valence-electron chi connectivity index (χ2n) is 6.55. The van der Waals surface area contributed by atoms with Gasteiger partial charge in [0.05, 0.1) is 12.1 Å². The van der Waals surface area contributed by atoms with E-state index in [4.69, 9.17) is 11.6 Å². The van der Waals surface area contributed by atoms with Crippen molar-refractivity contribution >= 4 is 34.5 Å². The highest BCUT2D eigenvalue weighted by Gasteiger charge is 2.30. The van der Waals surface area contributed by atoms with E-state index >= 15 is 0 Å². The number of hydrogen-bond acceptors (Lipinski definition) is 3. The van der Waals surface area contributed by atoms with E-state index in [0.29, 0.717) is 39.7 Å². The van der Waals surface area contributed by atoms with Crippen molar-refractivity contribution in [1.82, 2.24) is 14.5 Å². The van der Waals surface area contributed by atoms with Crippen LogP contribution in [-0.4, -0.2) is 14.5 Å². The second-order valence-corrected chi connectivity index (χ2v) is 7.90. The highest BCUT2D eigenvalue weighted by Crippen LogP contribution is 2.32. The molecule has 2 aromatic heterocycles. The second kappa shape index (κ2) is 8.28. The Bertz CT molecular complexity index is 1210. The molecule has 30 heavy (non-hydrogen) atoms. The number of thioether (sulfide) groups is 1. The number of rotatable bonds is 5. The van der Waals surface area contributed by atoms with Crippen LogP contribution in [0.2, 0.25) is 5.02 Å². The Morgan fingerprint density at radius 2 is 1.87 bits per heavy atom. The Labute approximate surface area is 178 Å². The van der Waals surface area contributed by atoms with Gasteiger partial charge in [-0.15, -0.1) is 0 Å². The summed E-state index contributed by atoms with van der Waals surface area (Å²) in [5.41, 5.74) is 1.80. The van der Waals surface area contributed by atoms with Crippen molar-refractivity contribution in [2.75, 3.05) is 0 Å². The number of benzene rings is 2. The molecule has 4 rings (SSSR count). The van der Waals surface area contributed by atoms with Crippen LogP contribution < -0.4 is 0 Å². The predicted molar refractivity (Wildman–Crippen MR) is 109 cm³/mol. The number of fused-ring (bicyclic) bond motifs is 1. The quantitative estimate of drug-likeness (QED) is 0.253. The van der Waals surface area contributed by atoms with Crippen LogP contribution >= 0.6 is 23.4 Å². The van der Waals surface area contributed by atoms with Gasteiger partial charge in [-0.05, 0) is 41.5 Å². The molecule has 0 aliphatic carbocycles. The molecule has 0 aliphatic heterocycles. The Kier molecular flexibility index (Phi) is 5.71. The van der Waals surface area contributed by atoms with E-state index in [-0.39, 0.29) is 5.02 Å². The van der Waals surface area contributed by atoms with Gasteiger partial charge in [-0.3, -0.25) is 4.57 Å². The van der Waals surface area contributed by atoms with E-state index in [0.717, 1.165) is 12.1 Å². The monoisotopic (exact) mass is 451 g/mol. The van der Waals surface area contributed by atoms with Gasteiger partial charge in [-0.2, -0.15) is 13.2 Å². The summed E-state index contributed by atoms with van der Waals surface area (Å²) in [4.78, 5) is 8.93. The topological polar surface area (TPSA) is 30.7 Å². The van der Waals surface area contributed by atoms with Crippen LogP contribution in [-0.2, 0) is 18.5 Å². The minimum atomic E-state index is -4.39. The van der Waals surface area contributed by atoms with Crippen LogP contribution in [0.1, 0.15) is 16.7 Å². The lowest BCUT2D eigenvalue weighted by atomic mass is 10.1. The third-order valence-electron chi connectivity index (χ3n) is 4.43. The molecule has 0 unspecified atom stereocenters. The molecule has 0 saturated heterocycles. The van der Waals surface area contributed by atoms with Crippen molar-refractivity contribution in [3.63, 3.8) is 0 Å². The van der Waals surface area contributed by atoms with Gasteiger partial charge >= 0.3 is 6.18 Å². The molecule has 2 aromatic carbocycles. The highest BCUT2D eigenvalue weighted by atomic mass is 35.5. The number of nitrogens with zero attached hydrogens (tertiary/aromatic N) is 3. The Hall–Kier alpha value is -2.58. The van der Waals surface area contributed by atoms with E-state index in [1.807, 2.05) is 4.57 Å². The van der Waals surface area contributed by atoms with Gasteiger partial charge in [-0.25, -0.2) is 14.4 Å². The number of hydrogen-bond donors (Lipinski definition) is 0. The number of imidazole rings is 1. The average Bonchev–Trinajstić information content (AvgIpc) is 3.05. The van der Waals surface area contributed by atoms with Crippen molar-refractivity contribution in [2.24, 2.45) is 0 Å². The standard InChI is InChI=1S/C21H14ClF4N3S/c22-17-10-16(23)7-6-14(17)11-29-19-18(5-2-8-27-19)28-20(29)30-12-13-3-1-4-15(9-13)21(24,25)26/h1-10H,11-12H2. The summed E-state index contributed by atoms with van der Waals surface area (Å²) < 4.78 is 54.1. The minimum absolute atomic E-state index is 0.279. The molecule has 2 heterocycles. The largest absolute Gasteiger partial charge is 0.416 e. The summed E-state index contributed by atoms with van der Waals surface area (Å²) in [5, 5.41) is 0.864. The summed E-state index contributed by atoms with van der Waals surface area (Å²) in [6.45, 7) is 0.303. The SMILES string of the molecule is Fc1ccc(Cn2c(SCc3cccc(C(F)(F)F)c3)nc3cccnc32)c(Cl)c1. The van der Waals surface area contributed by atoms with Gasteiger partial charge in [0.15, 0.2) is 10.8 Å². The van der Waals surface area contributed by atoms with E-state index < -0.39 is 17.6 Å². The van der Waals surface area contributed by atoms with Crippen LogP contribution in [0, 0.1) is 5.82 Å². The lowest BCUT2D eigenvalue weighted by Gasteiger charge is -2.11. The summed E-state index contributed by atoms with van der Waals surface area (Å²) in [5.74, 6) is -0.138. The van der Waals surface area contributed by atoms with Crippen molar-refractivity contribution in [3.05, 3.63) is 88.3 Å². The zero-order chi connectivity index (χ0) is 21.3. The summed E-state index contributed by atoms with van der Waals surface area (Å²) in [7, 11) is 0. The molecule has 0 N–H and O–H groups in total. The zero-order valence-electron chi connectivity index (χ0n) is 15.3. The molecule has 154 valence electrons. The van der Waals surface area contributed by atoms with Crippen LogP contribution in [0.25, 0.3) is 11.2 Å². The first kappa shape index (κ1) is 20.7. The molecule has 0 saturated carbocycles. The Morgan fingerprint density at radius 3 is 2.63 bits per heavy atom. The summed E-state index contributed by atoms with van der Waals surface area (Å²) >= 11 is 7.48. The maximum atomic E-state index is 13.4. The van der Waals surface area contributed by atoms with Gasteiger partial charge in [0.1, 0.15) is 11.3 Å². The van der Waals surface area contributed by atoms with E-state index in [9.17, 15) is 17.6 Å². The molecule has 9 heteroatoms. The van der Waals surface area contributed by atoms with Gasteiger partial charge < -0.3 is 0 Å². The maximum absolute atomic E-state index is 13.4. The molecular weight excluding hydrogens is 438 g/mol. The average molecular weight is 452 g/mol. The van der Waals surface area contributed by atoms with E-state index in [1.165, 1.54) is 30.0 Å². The number of aromatic nitrogens is 3. The smallest absolute Gasteiger partial charge is 0.299 e. The summed E-state index contributed by atoms with van der Waals surface area (Å²) in [6, 6.07) is 12.9. The first-order valence-electron chi connectivity index (χ1n) is 8.85. The van der Waals surface area contributed by atoms with Gasteiger partial charge in [0, 0.05) is 17.0 Å². The maximum Gasteiger partial charge on any atom is 0.416 e. The third kappa shape index (κ3) is 4.44. The minimum Gasteiger partial charge on any atom is -0.299 e. The molecule has 0 atom stereocenters. The van der Waals surface area contributed by atoms with Crippen molar-refractivity contribution < 1.29 is 17.6 Å². The molecule has 0 amide bonds. The molecule has 0 bridgehead atoms. The van der Waals surface area contributed by atoms with Crippen LogP contribution in [0.5, 0.6) is 0 Å². The fourth-order valence-electron chi connectivity index (χ4n) is 3.00. The van der Waals surface area contributed by atoms with Crippen LogP contribution in [0.4, 0.5) is 17.6 Å². The molecule has 3 nitrogen and oxygen atoms in total. The number of pyridine rings is 1. The Morgan fingerprint density at radius 1 is 1.03 bits per heavy atom. The van der Waals surface area contributed by atoms with Gasteiger partial charge in [-0.1, -0.05) is 47.6 Å². The molecular formula is C21H14ClF4N3S. The van der Waals surface area contributed by atoms with Gasteiger partial charge in [0.25, 0.3) is 0 Å². The van der Waals surface area contributed by atoms with Gasteiger partial charge in [0.2, 0.25) is 0 Å². The highest BCUT2D eigenvalue weighted by molar-refractivity contribution is 7.98. The first-order chi connectivity index (χ1) is 14.3. The van der Waals surface area contributed by atoms with Crippen LogP contribution in [0.3, 0.4) is 0 Å². The molecule has 0 radical (unpaired) electrons. The van der Waals surface area contributed by atoms with Crippen molar-refractivity contribution in [3.8, 4) is 0 Å². The lowest BCUT2D eigenvalue weighted by molar-refractivity contribution is -0.137. The van der Waals surface area contributed by atoms with Crippen molar-refractivity contribution in [2.45, 2.75) is 23.6 Å². The zero-order valence-corrected chi connectivity index (χ0v) is 16.9. The van der Waals surface area contributed by atoms with Crippen LogP contribution in [0.15, 0.2) is 66.0 Å². The first-order valence-corrected chi connectivity index (χ1v) is 10.2. The fraction of sp³-hybridized carbons (Fsp3) is 0.143. The molecule has 0 fully saturated rings. The van der Waals surface area contributed by atoms with E-state index in [1.54, 1.807) is 30.5 Å². The van der Waals surface area contributed by atoms with Crippen molar-refractivity contribution in [1.29, 1.82) is 0 Å². The Balaban J connectivity index is 1.65. The summed E-state index contributed by atoms with van der Waals surface area (Å²) in [6.07, 6.45) is -2.76. The third-order valence-corrected chi connectivity index (χ3v) is 5.83. The predicted octanol–water partition coefficient (Wildman–Crippen LogP) is 6.58. The number of halogens is 5. The molecule has 0 spiro atoms.